The summed E-state index contributed by atoms with van der Waals surface area (Å²) in [5, 5.41) is 4.63. The first-order valence-electron chi connectivity index (χ1n) is 7.99. The lowest BCUT2D eigenvalue weighted by Gasteiger charge is -2.17. The molecule has 2 aromatic carbocycles. The fourth-order valence-electron chi connectivity index (χ4n) is 2.80. The molecule has 2 aromatic rings. The Hall–Kier alpha value is -3.03. The molecule has 1 fully saturated rings. The van der Waals surface area contributed by atoms with Crippen LogP contribution in [-0.2, 0) is 4.79 Å². The quantitative estimate of drug-likeness (QED) is 0.876. The Kier molecular flexibility index (Phi) is 5.11. The second-order valence-electron chi connectivity index (χ2n) is 5.98. The summed E-state index contributed by atoms with van der Waals surface area (Å²) in [5.74, 6) is -2.44. The van der Waals surface area contributed by atoms with E-state index in [0.29, 0.717) is 12.2 Å². The molecule has 0 radical (unpaired) electrons. The molecule has 1 saturated heterocycles. The van der Waals surface area contributed by atoms with E-state index < -0.39 is 29.2 Å². The molecule has 2 N–H and O–H groups in total. The van der Waals surface area contributed by atoms with E-state index in [1.165, 1.54) is 35.2 Å². The molecule has 0 bridgehead atoms. The van der Waals surface area contributed by atoms with Gasteiger partial charge in [0.2, 0.25) is 5.91 Å². The highest BCUT2D eigenvalue weighted by Crippen LogP contribution is 2.25. The molecule has 0 unspecified atom stereocenters. The molecule has 0 saturated carbocycles. The molecule has 1 atom stereocenters. The van der Waals surface area contributed by atoms with Gasteiger partial charge in [0, 0.05) is 31.1 Å². The standard InChI is InChI=1S/C18H16F3N3O2/c19-12-4-6-13(7-5-12)24-10-11(8-16(24)25)9-22-18(26)23-17-14(20)2-1-3-15(17)21/h1-7,11H,8-10H2,(H2,22,23,26)/t11-/m0/s1. The zero-order valence-electron chi connectivity index (χ0n) is 13.6. The minimum atomic E-state index is -0.876. The molecular formula is C18H16F3N3O2. The number of nitrogens with zero attached hydrogens (tertiary/aromatic N) is 1. The highest BCUT2D eigenvalue weighted by atomic mass is 19.1. The number of carbonyl (C=O) groups is 2. The summed E-state index contributed by atoms with van der Waals surface area (Å²) in [4.78, 5) is 25.5. The number of urea groups is 1. The summed E-state index contributed by atoms with van der Waals surface area (Å²) in [7, 11) is 0. The van der Waals surface area contributed by atoms with Gasteiger partial charge in [-0.3, -0.25) is 4.79 Å². The number of hydrogen-bond donors (Lipinski definition) is 2. The third-order valence-electron chi connectivity index (χ3n) is 4.10. The van der Waals surface area contributed by atoms with Crippen LogP contribution in [0.15, 0.2) is 42.5 Å². The molecule has 136 valence electrons. The Morgan fingerprint density at radius 1 is 1.08 bits per heavy atom. The van der Waals surface area contributed by atoms with Crippen molar-refractivity contribution >= 4 is 23.3 Å². The topological polar surface area (TPSA) is 61.4 Å². The second kappa shape index (κ2) is 7.47. The lowest BCUT2D eigenvalue weighted by Crippen LogP contribution is -2.34. The van der Waals surface area contributed by atoms with Crippen LogP contribution < -0.4 is 15.5 Å². The first-order valence-corrected chi connectivity index (χ1v) is 7.99. The zero-order valence-corrected chi connectivity index (χ0v) is 13.6. The molecule has 8 heteroatoms. The number of para-hydroxylation sites is 1. The van der Waals surface area contributed by atoms with Gasteiger partial charge in [-0.05, 0) is 36.4 Å². The maximum Gasteiger partial charge on any atom is 0.319 e. The van der Waals surface area contributed by atoms with Gasteiger partial charge in [-0.25, -0.2) is 18.0 Å². The molecule has 1 aliphatic rings. The van der Waals surface area contributed by atoms with Crippen LogP contribution in [0, 0.1) is 23.4 Å². The third-order valence-corrected chi connectivity index (χ3v) is 4.10. The maximum atomic E-state index is 13.5. The smallest absolute Gasteiger partial charge is 0.319 e. The predicted molar refractivity (Wildman–Crippen MR) is 90.2 cm³/mol. The second-order valence-corrected chi connectivity index (χ2v) is 5.98. The van der Waals surface area contributed by atoms with Crippen molar-refractivity contribution in [3.63, 3.8) is 0 Å². The molecule has 3 rings (SSSR count). The molecule has 1 aliphatic heterocycles. The van der Waals surface area contributed by atoms with Gasteiger partial charge in [0.25, 0.3) is 0 Å². The fourth-order valence-corrected chi connectivity index (χ4v) is 2.80. The number of anilines is 2. The van der Waals surface area contributed by atoms with E-state index in [1.54, 1.807) is 0 Å². The maximum absolute atomic E-state index is 13.5. The lowest BCUT2D eigenvalue weighted by atomic mass is 10.1. The Morgan fingerprint density at radius 3 is 2.38 bits per heavy atom. The monoisotopic (exact) mass is 363 g/mol. The van der Waals surface area contributed by atoms with Crippen LogP contribution in [0.25, 0.3) is 0 Å². The van der Waals surface area contributed by atoms with Gasteiger partial charge >= 0.3 is 6.03 Å². The van der Waals surface area contributed by atoms with Crippen LogP contribution in [0.1, 0.15) is 6.42 Å². The van der Waals surface area contributed by atoms with Crippen LogP contribution in [0.5, 0.6) is 0 Å². The fraction of sp³-hybridized carbons (Fsp3) is 0.222. The van der Waals surface area contributed by atoms with Crippen molar-refractivity contribution in [2.75, 3.05) is 23.3 Å². The zero-order chi connectivity index (χ0) is 18.7. The highest BCUT2D eigenvalue weighted by Gasteiger charge is 2.30. The van der Waals surface area contributed by atoms with Gasteiger partial charge in [-0.15, -0.1) is 0 Å². The van der Waals surface area contributed by atoms with Crippen molar-refractivity contribution in [2.45, 2.75) is 6.42 Å². The van der Waals surface area contributed by atoms with Crippen molar-refractivity contribution in [3.05, 3.63) is 59.9 Å². The van der Waals surface area contributed by atoms with E-state index in [9.17, 15) is 22.8 Å². The average Bonchev–Trinajstić information content (AvgIpc) is 2.98. The Morgan fingerprint density at radius 2 is 1.73 bits per heavy atom. The molecule has 1 heterocycles. The number of nitrogens with one attached hydrogen (secondary N) is 2. The number of amides is 3. The predicted octanol–water partition coefficient (Wildman–Crippen LogP) is 3.28. The van der Waals surface area contributed by atoms with E-state index in [0.717, 1.165) is 12.1 Å². The number of carbonyl (C=O) groups excluding carboxylic acids is 2. The molecular weight excluding hydrogens is 347 g/mol. The summed E-state index contributed by atoms with van der Waals surface area (Å²) in [6.07, 6.45) is 0.214. The van der Waals surface area contributed by atoms with E-state index in [1.807, 2.05) is 0 Å². The Labute approximate surface area is 147 Å². The van der Waals surface area contributed by atoms with Crippen LogP contribution in [-0.4, -0.2) is 25.0 Å². The van der Waals surface area contributed by atoms with E-state index >= 15 is 0 Å². The molecule has 0 aliphatic carbocycles. The summed E-state index contributed by atoms with van der Waals surface area (Å²) in [5.41, 5.74) is 0.0530. The van der Waals surface area contributed by atoms with Crippen molar-refractivity contribution in [1.29, 1.82) is 0 Å². The van der Waals surface area contributed by atoms with Crippen LogP contribution in [0.4, 0.5) is 29.3 Å². The molecule has 5 nitrogen and oxygen atoms in total. The van der Waals surface area contributed by atoms with Crippen molar-refractivity contribution in [1.82, 2.24) is 5.32 Å². The highest BCUT2D eigenvalue weighted by molar-refractivity contribution is 5.96. The Bertz CT molecular complexity index is 807. The van der Waals surface area contributed by atoms with E-state index in [2.05, 4.69) is 10.6 Å². The third kappa shape index (κ3) is 3.96. The van der Waals surface area contributed by atoms with Gasteiger partial charge in [0.15, 0.2) is 0 Å². The van der Waals surface area contributed by atoms with Gasteiger partial charge in [0.1, 0.15) is 23.1 Å². The number of benzene rings is 2. The first kappa shape index (κ1) is 17.8. The summed E-state index contributed by atoms with van der Waals surface area (Å²) < 4.78 is 40.0. The van der Waals surface area contributed by atoms with Crippen molar-refractivity contribution in [2.24, 2.45) is 5.92 Å². The number of hydrogen-bond acceptors (Lipinski definition) is 2. The lowest BCUT2D eigenvalue weighted by molar-refractivity contribution is -0.117. The van der Waals surface area contributed by atoms with E-state index in [-0.39, 0.29) is 24.8 Å². The minimum Gasteiger partial charge on any atom is -0.338 e. The largest absolute Gasteiger partial charge is 0.338 e. The van der Waals surface area contributed by atoms with Gasteiger partial charge in [-0.2, -0.15) is 0 Å². The van der Waals surface area contributed by atoms with Crippen LogP contribution in [0.3, 0.4) is 0 Å². The number of halogens is 3. The summed E-state index contributed by atoms with van der Waals surface area (Å²) >= 11 is 0. The number of rotatable bonds is 4. The SMILES string of the molecule is O=C(NC[C@@H]1CC(=O)N(c2ccc(F)cc2)C1)Nc1c(F)cccc1F. The Balaban J connectivity index is 1.54. The molecule has 26 heavy (non-hydrogen) atoms. The molecule has 0 spiro atoms. The minimum absolute atomic E-state index is 0.135. The van der Waals surface area contributed by atoms with Gasteiger partial charge in [-0.1, -0.05) is 6.07 Å². The van der Waals surface area contributed by atoms with Crippen LogP contribution >= 0.6 is 0 Å². The van der Waals surface area contributed by atoms with Crippen molar-refractivity contribution in [3.8, 4) is 0 Å². The van der Waals surface area contributed by atoms with Crippen molar-refractivity contribution < 1.29 is 22.8 Å². The molecule has 3 amide bonds. The summed E-state index contributed by atoms with van der Waals surface area (Å²) in [6.45, 7) is 0.518. The average molecular weight is 363 g/mol. The van der Waals surface area contributed by atoms with Gasteiger partial charge in [0.05, 0.1) is 0 Å². The van der Waals surface area contributed by atoms with Crippen LogP contribution in [0.2, 0.25) is 0 Å². The molecule has 0 aromatic heterocycles. The van der Waals surface area contributed by atoms with E-state index in [4.69, 9.17) is 0 Å². The first-order chi connectivity index (χ1) is 12.4. The normalized spacial score (nSPS) is 16.7. The summed E-state index contributed by atoms with van der Waals surface area (Å²) in [6, 6.07) is 8.07. The van der Waals surface area contributed by atoms with Gasteiger partial charge < -0.3 is 15.5 Å².